The molecule has 8 heteroatoms. The number of benzene rings is 2. The fourth-order valence-electron chi connectivity index (χ4n) is 1.69. The van der Waals surface area contributed by atoms with E-state index in [4.69, 9.17) is 17.3 Å². The summed E-state index contributed by atoms with van der Waals surface area (Å²) in [5.41, 5.74) is 5.43. The fraction of sp³-hybridized carbons (Fsp3) is 0. The first-order valence-electron chi connectivity index (χ1n) is 5.68. The van der Waals surface area contributed by atoms with Crippen molar-refractivity contribution in [3.05, 3.63) is 62.9 Å². The molecule has 3 N–H and O–H groups in total. The highest BCUT2D eigenvalue weighted by Crippen LogP contribution is 2.22. The summed E-state index contributed by atoms with van der Waals surface area (Å²) in [5.74, 6) is -1.45. The second-order valence-electron chi connectivity index (χ2n) is 4.14. The number of carbonyl (C=O) groups excluding carboxylic acids is 1. The van der Waals surface area contributed by atoms with E-state index in [0.717, 1.165) is 18.2 Å². The van der Waals surface area contributed by atoms with E-state index in [1.807, 2.05) is 0 Å². The van der Waals surface area contributed by atoms with E-state index in [1.54, 1.807) is 0 Å². The summed E-state index contributed by atoms with van der Waals surface area (Å²) in [5, 5.41) is 13.4. The van der Waals surface area contributed by atoms with Crippen molar-refractivity contribution in [1.29, 1.82) is 0 Å². The molecular weight excluding hydrogens is 301 g/mol. The molecule has 0 saturated heterocycles. The van der Waals surface area contributed by atoms with Gasteiger partial charge in [0.2, 0.25) is 0 Å². The van der Waals surface area contributed by atoms with Gasteiger partial charge >= 0.3 is 0 Å². The number of hydrogen-bond acceptors (Lipinski definition) is 4. The third kappa shape index (κ3) is 3.46. The van der Waals surface area contributed by atoms with E-state index in [0.29, 0.717) is 5.02 Å². The fourth-order valence-corrected chi connectivity index (χ4v) is 1.87. The summed E-state index contributed by atoms with van der Waals surface area (Å²) in [6, 6.07) is 7.04. The van der Waals surface area contributed by atoms with E-state index < -0.39 is 22.3 Å². The number of nitrogen functional groups attached to an aromatic ring is 1. The normalized spacial score (nSPS) is 10.2. The second-order valence-corrected chi connectivity index (χ2v) is 4.58. The maximum Gasteiger partial charge on any atom is 0.274 e. The lowest BCUT2D eigenvalue weighted by Gasteiger charge is -2.08. The lowest BCUT2D eigenvalue weighted by atomic mass is 10.1. The number of amides is 1. The van der Waals surface area contributed by atoms with Gasteiger partial charge in [-0.1, -0.05) is 11.6 Å². The molecule has 6 nitrogen and oxygen atoms in total. The van der Waals surface area contributed by atoms with Crippen molar-refractivity contribution in [3.63, 3.8) is 0 Å². The van der Waals surface area contributed by atoms with Gasteiger partial charge in [0.25, 0.3) is 11.6 Å². The van der Waals surface area contributed by atoms with Gasteiger partial charge in [-0.15, -0.1) is 0 Å². The van der Waals surface area contributed by atoms with Gasteiger partial charge in [0.05, 0.1) is 22.2 Å². The quantitative estimate of drug-likeness (QED) is 0.516. The number of rotatable bonds is 3. The largest absolute Gasteiger partial charge is 0.398 e. The van der Waals surface area contributed by atoms with Crippen LogP contribution in [-0.2, 0) is 0 Å². The monoisotopic (exact) mass is 309 g/mol. The molecule has 0 aliphatic heterocycles. The zero-order chi connectivity index (χ0) is 15.6. The van der Waals surface area contributed by atoms with Gasteiger partial charge in [0.15, 0.2) is 0 Å². The molecule has 2 aromatic carbocycles. The van der Waals surface area contributed by atoms with Gasteiger partial charge < -0.3 is 11.1 Å². The van der Waals surface area contributed by atoms with E-state index in [-0.39, 0.29) is 16.9 Å². The van der Waals surface area contributed by atoms with Crippen LogP contribution >= 0.6 is 11.6 Å². The second kappa shape index (κ2) is 5.76. The summed E-state index contributed by atoms with van der Waals surface area (Å²) >= 11 is 5.72. The first-order valence-corrected chi connectivity index (χ1v) is 6.06. The van der Waals surface area contributed by atoms with Crippen molar-refractivity contribution in [2.75, 3.05) is 11.1 Å². The Morgan fingerprint density at radius 1 is 1.29 bits per heavy atom. The Bertz CT molecular complexity index is 737. The number of nitrogens with zero attached hydrogens (tertiary/aromatic N) is 1. The number of nitrogens with one attached hydrogen (secondary N) is 1. The molecule has 0 aliphatic rings. The standard InChI is InChI=1S/C13H9ClFN3O3/c14-7-1-2-11(12(16)3-7)13(19)17-9-4-8(15)5-10(6-9)18(20)21/h1-6H,16H2,(H,17,19). The molecule has 0 heterocycles. The summed E-state index contributed by atoms with van der Waals surface area (Å²) in [6.07, 6.45) is 0. The maximum absolute atomic E-state index is 13.3. The third-order valence-corrected chi connectivity index (χ3v) is 2.84. The predicted molar refractivity (Wildman–Crippen MR) is 76.9 cm³/mol. The molecular formula is C13H9ClFN3O3. The summed E-state index contributed by atoms with van der Waals surface area (Å²) in [7, 11) is 0. The predicted octanol–water partition coefficient (Wildman–Crippen LogP) is 3.22. The lowest BCUT2D eigenvalue weighted by molar-refractivity contribution is -0.385. The Hall–Kier alpha value is -2.67. The van der Waals surface area contributed by atoms with Gasteiger partial charge in [0, 0.05) is 16.8 Å². The third-order valence-electron chi connectivity index (χ3n) is 2.61. The van der Waals surface area contributed by atoms with Gasteiger partial charge in [-0.05, 0) is 24.3 Å². The zero-order valence-corrected chi connectivity index (χ0v) is 11.2. The molecule has 1 amide bonds. The Kier molecular flexibility index (Phi) is 4.04. The molecule has 0 radical (unpaired) electrons. The number of non-ortho nitro benzene ring substituents is 1. The number of nitro groups is 1. The highest BCUT2D eigenvalue weighted by atomic mass is 35.5. The van der Waals surface area contributed by atoms with Crippen LogP contribution in [0.1, 0.15) is 10.4 Å². The Morgan fingerprint density at radius 3 is 2.62 bits per heavy atom. The zero-order valence-electron chi connectivity index (χ0n) is 10.5. The maximum atomic E-state index is 13.3. The van der Waals surface area contributed by atoms with Crippen LogP contribution in [0.5, 0.6) is 0 Å². The highest BCUT2D eigenvalue weighted by Gasteiger charge is 2.14. The molecule has 0 bridgehead atoms. The van der Waals surface area contributed by atoms with Crippen LogP contribution in [0.15, 0.2) is 36.4 Å². The number of halogens is 2. The van der Waals surface area contributed by atoms with Crippen LogP contribution in [0.2, 0.25) is 5.02 Å². The summed E-state index contributed by atoms with van der Waals surface area (Å²) in [6.45, 7) is 0. The van der Waals surface area contributed by atoms with Gasteiger partial charge in [-0.25, -0.2) is 4.39 Å². The number of nitro benzene ring substituents is 1. The number of nitrogens with two attached hydrogens (primary N) is 1. The van der Waals surface area contributed by atoms with E-state index >= 15 is 0 Å². The van der Waals surface area contributed by atoms with Gasteiger partial charge in [-0.2, -0.15) is 0 Å². The molecule has 0 unspecified atom stereocenters. The Balaban J connectivity index is 2.29. The minimum atomic E-state index is -0.830. The van der Waals surface area contributed by atoms with Crippen LogP contribution in [0, 0.1) is 15.9 Å². The first kappa shape index (κ1) is 14.7. The van der Waals surface area contributed by atoms with E-state index in [2.05, 4.69) is 5.32 Å². The van der Waals surface area contributed by atoms with Crippen LogP contribution < -0.4 is 11.1 Å². The van der Waals surface area contributed by atoms with Gasteiger partial charge in [0.1, 0.15) is 5.82 Å². The minimum absolute atomic E-state index is 0.0407. The van der Waals surface area contributed by atoms with Crippen LogP contribution in [0.25, 0.3) is 0 Å². The minimum Gasteiger partial charge on any atom is -0.398 e. The first-order chi connectivity index (χ1) is 9.86. The van der Waals surface area contributed by atoms with E-state index in [9.17, 15) is 19.3 Å². The molecule has 0 aromatic heterocycles. The topological polar surface area (TPSA) is 98.3 Å². The molecule has 0 spiro atoms. The summed E-state index contributed by atoms with van der Waals surface area (Å²) in [4.78, 5) is 21.9. The molecule has 2 aromatic rings. The Morgan fingerprint density at radius 2 is 2.00 bits per heavy atom. The van der Waals surface area contributed by atoms with Crippen molar-refractivity contribution < 1.29 is 14.1 Å². The van der Waals surface area contributed by atoms with Crippen molar-refractivity contribution in [2.24, 2.45) is 0 Å². The van der Waals surface area contributed by atoms with Crippen LogP contribution in [0.3, 0.4) is 0 Å². The smallest absolute Gasteiger partial charge is 0.274 e. The molecule has 0 saturated carbocycles. The molecule has 108 valence electrons. The van der Waals surface area contributed by atoms with Crippen molar-refractivity contribution in [2.45, 2.75) is 0 Å². The molecule has 2 rings (SSSR count). The number of carbonyl (C=O) groups is 1. The van der Waals surface area contributed by atoms with Crippen LogP contribution in [-0.4, -0.2) is 10.8 Å². The summed E-state index contributed by atoms with van der Waals surface area (Å²) < 4.78 is 13.3. The number of hydrogen-bond donors (Lipinski definition) is 2. The molecule has 0 aliphatic carbocycles. The van der Waals surface area contributed by atoms with Crippen LogP contribution in [0.4, 0.5) is 21.5 Å². The molecule has 0 atom stereocenters. The highest BCUT2D eigenvalue weighted by molar-refractivity contribution is 6.31. The number of anilines is 2. The van der Waals surface area contributed by atoms with E-state index in [1.165, 1.54) is 18.2 Å². The Labute approximate surface area is 123 Å². The molecule has 0 fully saturated rings. The SMILES string of the molecule is Nc1cc(Cl)ccc1C(=O)Nc1cc(F)cc([N+](=O)[O-])c1. The van der Waals surface area contributed by atoms with Crippen molar-refractivity contribution in [1.82, 2.24) is 0 Å². The average Bonchev–Trinajstić information content (AvgIpc) is 2.37. The molecule has 21 heavy (non-hydrogen) atoms. The lowest BCUT2D eigenvalue weighted by Crippen LogP contribution is -2.14. The van der Waals surface area contributed by atoms with Crippen molar-refractivity contribution in [3.8, 4) is 0 Å². The van der Waals surface area contributed by atoms with Gasteiger partial charge in [-0.3, -0.25) is 14.9 Å². The van der Waals surface area contributed by atoms with Crippen molar-refractivity contribution >= 4 is 34.6 Å². The average molecular weight is 310 g/mol.